The van der Waals surface area contributed by atoms with Crippen molar-refractivity contribution >= 4 is 25.5 Å². The Balaban J connectivity index is 1.92. The van der Waals surface area contributed by atoms with Gasteiger partial charge in [0, 0.05) is 18.7 Å². The molecule has 6 atom stereocenters. The number of nitrogens with zero attached hydrogens (tertiary/aromatic N) is 1. The molecule has 0 spiro atoms. The molecule has 1 fully saturated rings. The molecule has 0 aliphatic carbocycles. The number of carbonyl (C=O) groups excluding carboxylic acids is 3. The molecule has 43 heavy (non-hydrogen) atoms. The monoisotopic (exact) mass is 627 g/mol. The summed E-state index contributed by atoms with van der Waals surface area (Å²) in [6.07, 6.45) is -4.91. The lowest BCUT2D eigenvalue weighted by atomic mass is 9.98. The van der Waals surface area contributed by atoms with Gasteiger partial charge >= 0.3 is 25.4 Å². The maximum atomic E-state index is 16.4. The van der Waals surface area contributed by atoms with E-state index < -0.39 is 73.8 Å². The van der Waals surface area contributed by atoms with E-state index in [9.17, 15) is 28.5 Å². The summed E-state index contributed by atoms with van der Waals surface area (Å²) in [6.45, 7) is 6.21. The number of benzene rings is 1. The molecule has 1 aliphatic rings. The van der Waals surface area contributed by atoms with Crippen LogP contribution in [0.4, 0.5) is 4.39 Å². The number of nitrogens with one attached hydrogen (secondary N) is 2. The van der Waals surface area contributed by atoms with Crippen molar-refractivity contribution in [2.75, 3.05) is 6.61 Å². The lowest BCUT2D eigenvalue weighted by molar-refractivity contribution is -0.159. The first-order chi connectivity index (χ1) is 20.1. The predicted octanol–water partition coefficient (Wildman–Crippen LogP) is 2.58. The van der Waals surface area contributed by atoms with Crippen LogP contribution in [-0.4, -0.2) is 63.9 Å². The summed E-state index contributed by atoms with van der Waals surface area (Å²) in [4.78, 5) is 62.4. The van der Waals surface area contributed by atoms with E-state index in [1.807, 2.05) is 4.98 Å². The Morgan fingerprint density at radius 2 is 1.81 bits per heavy atom. The van der Waals surface area contributed by atoms with E-state index in [1.54, 1.807) is 32.0 Å². The van der Waals surface area contributed by atoms with E-state index in [1.165, 1.54) is 26.0 Å². The highest BCUT2D eigenvalue weighted by Crippen LogP contribution is 2.48. The number of aromatic nitrogens is 2. The highest BCUT2D eigenvalue weighted by molar-refractivity contribution is 7.52. The molecule has 14 nitrogen and oxygen atoms in total. The lowest BCUT2D eigenvalue weighted by Crippen LogP contribution is -2.46. The second-order valence-electron chi connectivity index (χ2n) is 10.3. The Labute approximate surface area is 246 Å². The van der Waals surface area contributed by atoms with Crippen molar-refractivity contribution in [3.05, 3.63) is 63.4 Å². The molecule has 16 heteroatoms. The standard InChI is InChI=1S/C27H35FN3O11P/c1-16(2)39-24(35)18(4)30-43(37,42-19-9-7-6-8-10-19)38-15-20-23(41-22(34)12-11-17(3)32)27(5,28)25(40-20)31-14-13-21(33)29-26(31)36/h6-10,13-14,16,18,20,23,25H,11-12,15H2,1-5H3,(H,30,37)(H,29,33,36)/t18-,20?,23+,25?,27+,43+/m0/s1. The van der Waals surface area contributed by atoms with Gasteiger partial charge in [-0.05, 0) is 46.8 Å². The third kappa shape index (κ3) is 9.17. The molecule has 2 N–H and O–H groups in total. The van der Waals surface area contributed by atoms with Gasteiger partial charge in [0.25, 0.3) is 5.56 Å². The van der Waals surface area contributed by atoms with Crippen LogP contribution in [0.5, 0.6) is 5.75 Å². The summed E-state index contributed by atoms with van der Waals surface area (Å²) in [7, 11) is -4.44. The number of rotatable bonds is 14. The minimum atomic E-state index is -4.44. The van der Waals surface area contributed by atoms with Crippen LogP contribution >= 0.6 is 7.75 Å². The van der Waals surface area contributed by atoms with E-state index in [2.05, 4.69) is 5.09 Å². The van der Waals surface area contributed by atoms with Gasteiger partial charge in [-0.25, -0.2) is 13.8 Å². The van der Waals surface area contributed by atoms with E-state index in [0.717, 1.165) is 23.8 Å². The minimum Gasteiger partial charge on any atom is -0.462 e. The maximum absolute atomic E-state index is 16.4. The Morgan fingerprint density at radius 3 is 2.42 bits per heavy atom. The number of aromatic amines is 1. The Bertz CT molecular complexity index is 1460. The zero-order chi connectivity index (χ0) is 31.9. The molecule has 1 aromatic heterocycles. The molecule has 0 amide bonds. The highest BCUT2D eigenvalue weighted by Gasteiger charge is 2.58. The highest BCUT2D eigenvalue weighted by atomic mass is 31.2. The van der Waals surface area contributed by atoms with Gasteiger partial charge in [-0.3, -0.25) is 28.5 Å². The van der Waals surface area contributed by atoms with Crippen molar-refractivity contribution in [3.8, 4) is 5.75 Å². The van der Waals surface area contributed by atoms with Crippen LogP contribution in [0.15, 0.2) is 52.2 Å². The van der Waals surface area contributed by atoms with Crippen LogP contribution in [0.2, 0.25) is 0 Å². The number of halogens is 1. The number of carbonyl (C=O) groups is 3. The van der Waals surface area contributed by atoms with Gasteiger partial charge in [-0.1, -0.05) is 18.2 Å². The molecule has 236 valence electrons. The number of hydrogen-bond donors (Lipinski definition) is 2. The molecule has 2 heterocycles. The molecule has 1 saturated heterocycles. The molecular weight excluding hydrogens is 592 g/mol. The second-order valence-corrected chi connectivity index (χ2v) is 12.0. The van der Waals surface area contributed by atoms with Crippen molar-refractivity contribution in [2.45, 2.75) is 83.7 Å². The SMILES string of the molecule is CC(=O)CCC(=O)O[C@@H]1C(CO[P@](=O)(N[C@@H](C)C(=O)OC(C)C)Oc2ccccc2)OC(n2ccc(=O)[nH]c2=O)[C@]1(C)F. The fourth-order valence-electron chi connectivity index (χ4n) is 4.13. The molecule has 0 saturated carbocycles. The number of ketones is 1. The van der Waals surface area contributed by atoms with Crippen LogP contribution < -0.4 is 20.9 Å². The first-order valence-corrected chi connectivity index (χ1v) is 15.0. The van der Waals surface area contributed by atoms with Crippen molar-refractivity contribution < 1.29 is 46.6 Å². The van der Waals surface area contributed by atoms with Gasteiger partial charge in [0.2, 0.25) is 0 Å². The van der Waals surface area contributed by atoms with Crippen molar-refractivity contribution in [1.29, 1.82) is 0 Å². The first kappa shape index (κ1) is 33.8. The molecule has 2 unspecified atom stereocenters. The Hall–Kier alpha value is -3.65. The molecule has 1 aliphatic heterocycles. The summed E-state index contributed by atoms with van der Waals surface area (Å²) >= 11 is 0. The number of esters is 2. The van der Waals surface area contributed by atoms with Crippen molar-refractivity contribution in [2.24, 2.45) is 0 Å². The molecular formula is C27H35FN3O11P. The molecule has 3 rings (SSSR count). The van der Waals surface area contributed by atoms with Gasteiger partial charge in [0.05, 0.1) is 19.1 Å². The fraction of sp³-hybridized carbons (Fsp3) is 0.519. The average Bonchev–Trinajstić information content (AvgIpc) is 3.15. The van der Waals surface area contributed by atoms with Crippen molar-refractivity contribution in [3.63, 3.8) is 0 Å². The van der Waals surface area contributed by atoms with Gasteiger partial charge in [-0.2, -0.15) is 5.09 Å². The summed E-state index contributed by atoms with van der Waals surface area (Å²) in [5.74, 6) is -1.87. The normalized spacial score (nSPS) is 23.7. The summed E-state index contributed by atoms with van der Waals surface area (Å²) in [5, 5.41) is 2.49. The van der Waals surface area contributed by atoms with Gasteiger partial charge < -0.3 is 23.5 Å². The van der Waals surface area contributed by atoms with Gasteiger partial charge in [0.1, 0.15) is 23.7 Å². The Morgan fingerprint density at radius 1 is 1.14 bits per heavy atom. The molecule has 0 radical (unpaired) electrons. The Kier molecular flexibility index (Phi) is 11.2. The van der Waals surface area contributed by atoms with Crippen LogP contribution in [-0.2, 0) is 37.7 Å². The van der Waals surface area contributed by atoms with Crippen LogP contribution in [0, 0.1) is 0 Å². The smallest absolute Gasteiger partial charge is 0.459 e. The van der Waals surface area contributed by atoms with Gasteiger partial charge in [0.15, 0.2) is 18.0 Å². The lowest BCUT2D eigenvalue weighted by Gasteiger charge is -2.28. The molecule has 0 bridgehead atoms. The number of H-pyrrole nitrogens is 1. The number of ether oxygens (including phenoxy) is 3. The number of para-hydroxylation sites is 1. The summed E-state index contributed by atoms with van der Waals surface area (Å²) < 4.78 is 58.5. The van der Waals surface area contributed by atoms with Crippen LogP contribution in [0.25, 0.3) is 0 Å². The number of Topliss-reactive ketones (excluding diaryl/α,β-unsaturated/α-hetero) is 1. The van der Waals surface area contributed by atoms with Crippen LogP contribution in [0.1, 0.15) is 53.7 Å². The predicted molar refractivity (Wildman–Crippen MR) is 149 cm³/mol. The number of hydrogen-bond acceptors (Lipinski definition) is 11. The molecule has 2 aromatic rings. The van der Waals surface area contributed by atoms with Gasteiger partial charge in [-0.15, -0.1) is 0 Å². The maximum Gasteiger partial charge on any atom is 0.459 e. The second kappa shape index (κ2) is 14.2. The number of alkyl halides is 1. The van der Waals surface area contributed by atoms with Crippen molar-refractivity contribution in [1.82, 2.24) is 14.6 Å². The summed E-state index contributed by atoms with van der Waals surface area (Å²) in [5.41, 5.74) is -4.32. The van der Waals surface area contributed by atoms with Crippen LogP contribution in [0.3, 0.4) is 0 Å². The fourth-order valence-corrected chi connectivity index (χ4v) is 5.63. The van der Waals surface area contributed by atoms with E-state index >= 15 is 4.39 Å². The first-order valence-electron chi connectivity index (χ1n) is 13.4. The largest absolute Gasteiger partial charge is 0.462 e. The zero-order valence-corrected chi connectivity index (χ0v) is 25.2. The average molecular weight is 628 g/mol. The molecule has 1 aromatic carbocycles. The minimum absolute atomic E-state index is 0.107. The van der Waals surface area contributed by atoms with E-state index in [4.69, 9.17) is 23.3 Å². The van der Waals surface area contributed by atoms with E-state index in [0.29, 0.717) is 0 Å². The van der Waals surface area contributed by atoms with E-state index in [-0.39, 0.29) is 24.4 Å². The third-order valence-corrected chi connectivity index (χ3v) is 7.80. The summed E-state index contributed by atoms with van der Waals surface area (Å²) in [6, 6.07) is 7.66. The quantitative estimate of drug-likeness (QED) is 0.231. The topological polar surface area (TPSA) is 181 Å². The zero-order valence-electron chi connectivity index (χ0n) is 24.3. The third-order valence-electron chi connectivity index (χ3n) is 6.16.